The lowest BCUT2D eigenvalue weighted by Gasteiger charge is -2.22. The van der Waals surface area contributed by atoms with Crippen LogP contribution in [-0.4, -0.2) is 15.7 Å². The molecule has 0 aromatic heterocycles. The summed E-state index contributed by atoms with van der Waals surface area (Å²) in [6.07, 6.45) is 8.31. The first-order valence-electron chi connectivity index (χ1n) is 5.74. The Labute approximate surface area is 100 Å². The minimum atomic E-state index is -0.715. The summed E-state index contributed by atoms with van der Waals surface area (Å²) in [6, 6.07) is 8.67. The predicted octanol–water partition coefficient (Wildman–Crippen LogP) is 3.18. The SMILES string of the molecule is Cc1cccc(C2C=CC(S(C)=O)CC2)c1. The van der Waals surface area contributed by atoms with Crippen molar-refractivity contribution in [3.8, 4) is 0 Å². The van der Waals surface area contributed by atoms with Crippen LogP contribution < -0.4 is 0 Å². The van der Waals surface area contributed by atoms with Crippen LogP contribution in [0.1, 0.15) is 29.9 Å². The average Bonchev–Trinajstić information content (AvgIpc) is 2.29. The third-order valence-electron chi connectivity index (χ3n) is 3.22. The van der Waals surface area contributed by atoms with E-state index in [9.17, 15) is 4.21 Å². The molecule has 2 rings (SSSR count). The van der Waals surface area contributed by atoms with Crippen LogP contribution in [0.4, 0.5) is 0 Å². The molecule has 0 saturated heterocycles. The van der Waals surface area contributed by atoms with Gasteiger partial charge >= 0.3 is 0 Å². The van der Waals surface area contributed by atoms with E-state index < -0.39 is 10.8 Å². The number of rotatable bonds is 2. The van der Waals surface area contributed by atoms with Crippen molar-refractivity contribution in [2.75, 3.05) is 6.26 Å². The van der Waals surface area contributed by atoms with E-state index in [4.69, 9.17) is 0 Å². The minimum absolute atomic E-state index is 0.265. The molecule has 0 bridgehead atoms. The number of hydrogen-bond donors (Lipinski definition) is 0. The second-order valence-electron chi connectivity index (χ2n) is 4.52. The summed E-state index contributed by atoms with van der Waals surface area (Å²) in [4.78, 5) is 0. The normalized spacial score (nSPS) is 26.6. The maximum Gasteiger partial charge on any atom is 0.0525 e. The average molecular weight is 234 g/mol. The van der Waals surface area contributed by atoms with Crippen LogP contribution in [0.15, 0.2) is 36.4 Å². The molecule has 1 aromatic rings. The number of aryl methyl sites for hydroxylation is 1. The summed E-state index contributed by atoms with van der Waals surface area (Å²) in [7, 11) is -0.715. The van der Waals surface area contributed by atoms with Gasteiger partial charge in [-0.3, -0.25) is 4.21 Å². The Morgan fingerprint density at radius 3 is 2.62 bits per heavy atom. The molecule has 1 aromatic carbocycles. The van der Waals surface area contributed by atoms with Crippen molar-refractivity contribution in [3.63, 3.8) is 0 Å². The van der Waals surface area contributed by atoms with E-state index in [2.05, 4.69) is 43.3 Å². The second-order valence-corrected chi connectivity index (χ2v) is 6.12. The monoisotopic (exact) mass is 234 g/mol. The molecule has 3 unspecified atom stereocenters. The van der Waals surface area contributed by atoms with Crippen molar-refractivity contribution in [1.82, 2.24) is 0 Å². The third kappa shape index (κ3) is 2.62. The molecule has 0 N–H and O–H groups in total. The van der Waals surface area contributed by atoms with E-state index in [0.29, 0.717) is 5.92 Å². The molecular formula is C14H18OS. The zero-order chi connectivity index (χ0) is 11.5. The van der Waals surface area contributed by atoms with Crippen LogP contribution in [-0.2, 0) is 10.8 Å². The van der Waals surface area contributed by atoms with Gasteiger partial charge in [0.2, 0.25) is 0 Å². The van der Waals surface area contributed by atoms with Crippen molar-refractivity contribution in [2.45, 2.75) is 30.9 Å². The Bertz CT molecular complexity index is 422. The lowest BCUT2D eigenvalue weighted by molar-refractivity contribution is 0.636. The highest BCUT2D eigenvalue weighted by molar-refractivity contribution is 7.85. The van der Waals surface area contributed by atoms with E-state index in [0.717, 1.165) is 12.8 Å². The molecule has 2 heteroatoms. The van der Waals surface area contributed by atoms with Gasteiger partial charge in [-0.1, -0.05) is 42.0 Å². The number of hydrogen-bond acceptors (Lipinski definition) is 1. The predicted molar refractivity (Wildman–Crippen MR) is 70.1 cm³/mol. The van der Waals surface area contributed by atoms with E-state index in [1.54, 1.807) is 6.26 Å². The lowest BCUT2D eigenvalue weighted by atomic mass is 9.88. The van der Waals surface area contributed by atoms with Gasteiger partial charge < -0.3 is 0 Å². The highest BCUT2D eigenvalue weighted by Gasteiger charge is 2.19. The van der Waals surface area contributed by atoms with E-state index in [-0.39, 0.29) is 5.25 Å². The molecule has 0 aliphatic heterocycles. The standard InChI is InChI=1S/C14H18OS/c1-11-4-3-5-13(10-11)12-6-8-14(9-7-12)16(2)15/h3-6,8,10,12,14H,7,9H2,1-2H3. The molecule has 0 spiro atoms. The fraction of sp³-hybridized carbons (Fsp3) is 0.429. The summed E-state index contributed by atoms with van der Waals surface area (Å²) < 4.78 is 11.4. The van der Waals surface area contributed by atoms with Gasteiger partial charge in [0.25, 0.3) is 0 Å². The van der Waals surface area contributed by atoms with E-state index in [1.807, 2.05) is 0 Å². The smallest absolute Gasteiger partial charge is 0.0525 e. The molecule has 1 aliphatic rings. The molecule has 0 amide bonds. The van der Waals surface area contributed by atoms with Gasteiger partial charge in [0, 0.05) is 23.0 Å². The molecule has 3 atom stereocenters. The Balaban J connectivity index is 2.14. The van der Waals surface area contributed by atoms with Crippen LogP contribution in [0.25, 0.3) is 0 Å². The zero-order valence-corrected chi connectivity index (χ0v) is 10.7. The van der Waals surface area contributed by atoms with Crippen LogP contribution in [0, 0.1) is 6.92 Å². The summed E-state index contributed by atoms with van der Waals surface area (Å²) in [6.45, 7) is 2.12. The van der Waals surface area contributed by atoms with Gasteiger partial charge in [0.05, 0.1) is 5.25 Å². The van der Waals surface area contributed by atoms with Crippen molar-refractivity contribution >= 4 is 10.8 Å². The fourth-order valence-electron chi connectivity index (χ4n) is 2.25. The van der Waals surface area contributed by atoms with E-state index in [1.165, 1.54) is 11.1 Å². The molecular weight excluding hydrogens is 216 g/mol. The lowest BCUT2D eigenvalue weighted by Crippen LogP contribution is -2.16. The Hall–Kier alpha value is -0.890. The van der Waals surface area contributed by atoms with Crippen molar-refractivity contribution < 1.29 is 4.21 Å². The van der Waals surface area contributed by atoms with Crippen LogP contribution >= 0.6 is 0 Å². The number of allylic oxidation sites excluding steroid dienone is 1. The Morgan fingerprint density at radius 2 is 2.06 bits per heavy atom. The van der Waals surface area contributed by atoms with Gasteiger partial charge in [0.1, 0.15) is 0 Å². The summed E-state index contributed by atoms with van der Waals surface area (Å²) in [5.41, 5.74) is 2.70. The van der Waals surface area contributed by atoms with Gasteiger partial charge in [-0.2, -0.15) is 0 Å². The third-order valence-corrected chi connectivity index (χ3v) is 4.46. The van der Waals surface area contributed by atoms with Crippen molar-refractivity contribution in [1.29, 1.82) is 0 Å². The Morgan fingerprint density at radius 1 is 1.25 bits per heavy atom. The Kier molecular flexibility index (Phi) is 3.59. The zero-order valence-electron chi connectivity index (χ0n) is 9.85. The van der Waals surface area contributed by atoms with Crippen LogP contribution in [0.3, 0.4) is 0 Å². The maximum atomic E-state index is 11.4. The molecule has 0 saturated carbocycles. The number of benzene rings is 1. The van der Waals surface area contributed by atoms with E-state index >= 15 is 0 Å². The highest BCUT2D eigenvalue weighted by atomic mass is 32.2. The first-order valence-corrected chi connectivity index (χ1v) is 7.36. The largest absolute Gasteiger partial charge is 0.259 e. The molecule has 1 aliphatic carbocycles. The van der Waals surface area contributed by atoms with Gasteiger partial charge in [-0.25, -0.2) is 0 Å². The van der Waals surface area contributed by atoms with Crippen molar-refractivity contribution in [3.05, 3.63) is 47.5 Å². The topological polar surface area (TPSA) is 17.1 Å². The van der Waals surface area contributed by atoms with Gasteiger partial charge in [-0.15, -0.1) is 0 Å². The first kappa shape index (κ1) is 11.6. The molecule has 0 radical (unpaired) electrons. The van der Waals surface area contributed by atoms with Gasteiger partial charge in [0.15, 0.2) is 0 Å². The van der Waals surface area contributed by atoms with Crippen molar-refractivity contribution in [2.24, 2.45) is 0 Å². The van der Waals surface area contributed by atoms with Gasteiger partial charge in [-0.05, 0) is 25.3 Å². The highest BCUT2D eigenvalue weighted by Crippen LogP contribution is 2.29. The molecule has 86 valence electrons. The maximum absolute atomic E-state index is 11.4. The summed E-state index contributed by atoms with van der Waals surface area (Å²) >= 11 is 0. The quantitative estimate of drug-likeness (QED) is 0.718. The second kappa shape index (κ2) is 4.96. The molecule has 0 heterocycles. The molecule has 1 nitrogen and oxygen atoms in total. The van der Waals surface area contributed by atoms with Crippen LogP contribution in [0.5, 0.6) is 0 Å². The molecule has 16 heavy (non-hydrogen) atoms. The summed E-state index contributed by atoms with van der Waals surface area (Å²) in [5, 5.41) is 0.265. The minimum Gasteiger partial charge on any atom is -0.259 e. The molecule has 0 fully saturated rings. The van der Waals surface area contributed by atoms with Crippen LogP contribution in [0.2, 0.25) is 0 Å². The fourth-order valence-corrected chi connectivity index (χ4v) is 3.03. The first-order chi connectivity index (χ1) is 7.66. The summed E-state index contributed by atoms with van der Waals surface area (Å²) in [5.74, 6) is 0.514.